The Labute approximate surface area is 135 Å². The summed E-state index contributed by atoms with van der Waals surface area (Å²) in [5, 5.41) is 8.76. The van der Waals surface area contributed by atoms with Crippen molar-refractivity contribution < 1.29 is 18.3 Å². The second kappa shape index (κ2) is 5.64. The number of carboxylic acids is 1. The van der Waals surface area contributed by atoms with Gasteiger partial charge in [-0.3, -0.25) is 4.79 Å². The average molecular weight is 451 g/mol. The Morgan fingerprint density at radius 3 is 2.63 bits per heavy atom. The van der Waals surface area contributed by atoms with Gasteiger partial charge in [-0.2, -0.15) is 4.31 Å². The van der Waals surface area contributed by atoms with Crippen molar-refractivity contribution in [2.24, 2.45) is 0 Å². The van der Waals surface area contributed by atoms with Gasteiger partial charge in [-0.15, -0.1) is 23.1 Å². The molecule has 10 heteroatoms. The van der Waals surface area contributed by atoms with E-state index >= 15 is 0 Å². The molecule has 1 aromatic heterocycles. The molecule has 1 aromatic rings. The van der Waals surface area contributed by atoms with Crippen LogP contribution < -0.4 is 0 Å². The minimum Gasteiger partial charge on any atom is -0.480 e. The van der Waals surface area contributed by atoms with Crippen LogP contribution in [0.3, 0.4) is 0 Å². The van der Waals surface area contributed by atoms with Crippen molar-refractivity contribution in [3.05, 3.63) is 13.6 Å². The predicted octanol–water partition coefficient (Wildman–Crippen LogP) is 2.81. The van der Waals surface area contributed by atoms with Crippen LogP contribution in [0.1, 0.15) is 6.92 Å². The van der Waals surface area contributed by atoms with Crippen molar-refractivity contribution in [2.45, 2.75) is 23.2 Å². The molecule has 5 nitrogen and oxygen atoms in total. The summed E-state index contributed by atoms with van der Waals surface area (Å²) >= 11 is 8.99. The zero-order valence-electron chi connectivity index (χ0n) is 9.54. The summed E-state index contributed by atoms with van der Waals surface area (Å²) in [6, 6.07) is 0.467. The number of thiophene rings is 1. The Kier molecular flexibility index (Phi) is 4.69. The molecular formula is C9H9Br2NO4S3. The first-order chi connectivity index (χ1) is 8.75. The van der Waals surface area contributed by atoms with Crippen LogP contribution >= 0.6 is 55.0 Å². The number of hydrogen-bond donors (Lipinski definition) is 1. The number of rotatable bonds is 3. The fourth-order valence-corrected chi connectivity index (χ4v) is 8.84. The molecule has 1 aliphatic rings. The van der Waals surface area contributed by atoms with Crippen LogP contribution in [0.15, 0.2) is 18.5 Å². The average Bonchev–Trinajstić information content (AvgIpc) is 2.82. The standard InChI is InChI=1S/C9H9Br2NO4S3/c1-4-12(5(3-17-4)9(13)14)19(15,16)6-2-7(10)18-8(6)11/h2,4-5H,3H2,1H3,(H,13,14). The lowest BCUT2D eigenvalue weighted by atomic mass is 10.3. The van der Waals surface area contributed by atoms with Gasteiger partial charge in [0.2, 0.25) is 10.0 Å². The largest absolute Gasteiger partial charge is 0.480 e. The number of aliphatic carboxylic acids is 1. The van der Waals surface area contributed by atoms with Crippen LogP contribution in [-0.2, 0) is 14.8 Å². The zero-order chi connectivity index (χ0) is 14.4. The highest BCUT2D eigenvalue weighted by Gasteiger charge is 2.45. The number of carbonyl (C=O) groups is 1. The number of halogens is 2. The Bertz CT molecular complexity index is 615. The van der Waals surface area contributed by atoms with Gasteiger partial charge in [-0.1, -0.05) is 0 Å². The molecule has 0 spiro atoms. The second-order valence-electron chi connectivity index (χ2n) is 3.81. The lowest BCUT2D eigenvalue weighted by Crippen LogP contribution is -2.44. The summed E-state index contributed by atoms with van der Waals surface area (Å²) in [6.45, 7) is 1.69. The summed E-state index contributed by atoms with van der Waals surface area (Å²) in [7, 11) is -3.83. The molecule has 1 fully saturated rings. The first-order valence-corrected chi connectivity index (χ1v) is 9.97. The molecule has 0 aliphatic carbocycles. The summed E-state index contributed by atoms with van der Waals surface area (Å²) in [4.78, 5) is 11.3. The van der Waals surface area contributed by atoms with Gasteiger partial charge < -0.3 is 5.11 Å². The number of carboxylic acid groups (broad SMARTS) is 1. The molecule has 2 atom stereocenters. The molecule has 1 N–H and O–H groups in total. The van der Waals surface area contributed by atoms with Gasteiger partial charge in [0.1, 0.15) is 10.9 Å². The van der Waals surface area contributed by atoms with Crippen molar-refractivity contribution in [3.63, 3.8) is 0 Å². The lowest BCUT2D eigenvalue weighted by molar-refractivity contribution is -0.140. The van der Waals surface area contributed by atoms with E-state index in [4.69, 9.17) is 5.11 Å². The van der Waals surface area contributed by atoms with E-state index in [9.17, 15) is 13.2 Å². The van der Waals surface area contributed by atoms with E-state index in [0.717, 1.165) is 4.31 Å². The molecule has 19 heavy (non-hydrogen) atoms. The summed E-state index contributed by atoms with van der Waals surface area (Å²) in [6.07, 6.45) is 0. The highest BCUT2D eigenvalue weighted by Crippen LogP contribution is 2.40. The SMILES string of the molecule is CC1SCC(C(=O)O)N1S(=O)(=O)c1cc(Br)sc1Br. The molecule has 2 unspecified atom stereocenters. The first kappa shape index (κ1) is 15.8. The number of hydrogen-bond acceptors (Lipinski definition) is 5. The molecule has 0 saturated carbocycles. The van der Waals surface area contributed by atoms with Gasteiger partial charge in [0.25, 0.3) is 0 Å². The molecule has 0 amide bonds. The molecular weight excluding hydrogens is 442 g/mol. The predicted molar refractivity (Wildman–Crippen MR) is 82.1 cm³/mol. The van der Waals surface area contributed by atoms with E-state index in [0.29, 0.717) is 7.57 Å². The van der Waals surface area contributed by atoms with Crippen molar-refractivity contribution >= 4 is 71.0 Å². The van der Waals surface area contributed by atoms with Gasteiger partial charge in [-0.05, 0) is 44.8 Å². The van der Waals surface area contributed by atoms with Crippen LogP contribution in [0.4, 0.5) is 0 Å². The summed E-state index contributed by atoms with van der Waals surface area (Å²) in [5.41, 5.74) is 0. The Morgan fingerprint density at radius 2 is 2.16 bits per heavy atom. The number of sulfonamides is 1. The van der Waals surface area contributed by atoms with Gasteiger partial charge in [0.05, 0.1) is 12.9 Å². The van der Waals surface area contributed by atoms with E-state index in [2.05, 4.69) is 31.9 Å². The molecule has 0 bridgehead atoms. The monoisotopic (exact) mass is 449 g/mol. The van der Waals surface area contributed by atoms with E-state index in [1.165, 1.54) is 29.2 Å². The highest BCUT2D eigenvalue weighted by molar-refractivity contribution is 9.12. The molecule has 1 aliphatic heterocycles. The van der Waals surface area contributed by atoms with Crippen LogP contribution in [0.25, 0.3) is 0 Å². The summed E-state index contributed by atoms with van der Waals surface area (Å²) in [5.74, 6) is -0.857. The number of thioether (sulfide) groups is 1. The Balaban J connectivity index is 2.49. The fourth-order valence-electron chi connectivity index (χ4n) is 1.79. The third-order valence-corrected chi connectivity index (χ3v) is 8.71. The van der Waals surface area contributed by atoms with Crippen molar-refractivity contribution in [2.75, 3.05) is 5.75 Å². The third kappa shape index (κ3) is 2.88. The van der Waals surface area contributed by atoms with E-state index in [1.807, 2.05) is 0 Å². The van der Waals surface area contributed by atoms with E-state index in [1.54, 1.807) is 6.92 Å². The summed E-state index contributed by atoms with van der Waals surface area (Å²) < 4.78 is 27.4. The maximum atomic E-state index is 12.6. The van der Waals surface area contributed by atoms with E-state index in [-0.39, 0.29) is 10.6 Å². The molecule has 106 valence electrons. The van der Waals surface area contributed by atoms with Crippen LogP contribution in [0, 0.1) is 0 Å². The topological polar surface area (TPSA) is 74.7 Å². The van der Waals surface area contributed by atoms with Gasteiger partial charge in [0, 0.05) is 5.75 Å². The highest BCUT2D eigenvalue weighted by atomic mass is 79.9. The molecule has 2 heterocycles. The molecule has 2 rings (SSSR count). The normalized spacial score (nSPS) is 24.8. The van der Waals surface area contributed by atoms with Crippen LogP contribution in [-0.4, -0.2) is 41.0 Å². The molecule has 0 aromatic carbocycles. The number of nitrogens with zero attached hydrogens (tertiary/aromatic N) is 1. The quantitative estimate of drug-likeness (QED) is 0.766. The Morgan fingerprint density at radius 1 is 1.53 bits per heavy atom. The minimum atomic E-state index is -3.83. The molecule has 0 radical (unpaired) electrons. The molecule has 1 saturated heterocycles. The van der Waals surface area contributed by atoms with Crippen molar-refractivity contribution in [1.82, 2.24) is 4.31 Å². The van der Waals surface area contributed by atoms with E-state index < -0.39 is 27.4 Å². The van der Waals surface area contributed by atoms with Gasteiger partial charge in [0.15, 0.2) is 0 Å². The minimum absolute atomic E-state index is 0.102. The zero-order valence-corrected chi connectivity index (χ0v) is 15.2. The van der Waals surface area contributed by atoms with Crippen LogP contribution in [0.5, 0.6) is 0 Å². The third-order valence-electron chi connectivity index (χ3n) is 2.63. The fraction of sp³-hybridized carbons (Fsp3) is 0.444. The van der Waals surface area contributed by atoms with Crippen molar-refractivity contribution in [3.8, 4) is 0 Å². The maximum Gasteiger partial charge on any atom is 0.322 e. The second-order valence-corrected chi connectivity index (χ2v) is 10.7. The van der Waals surface area contributed by atoms with Crippen LogP contribution in [0.2, 0.25) is 0 Å². The van der Waals surface area contributed by atoms with Gasteiger partial charge in [-0.25, -0.2) is 8.42 Å². The smallest absolute Gasteiger partial charge is 0.322 e. The maximum absolute atomic E-state index is 12.6. The van der Waals surface area contributed by atoms with Crippen molar-refractivity contribution in [1.29, 1.82) is 0 Å². The first-order valence-electron chi connectivity index (χ1n) is 5.08. The van der Waals surface area contributed by atoms with Gasteiger partial charge >= 0.3 is 5.97 Å². The lowest BCUT2D eigenvalue weighted by Gasteiger charge is -2.23. The Hall–Kier alpha value is 0.390.